The van der Waals surface area contributed by atoms with Crippen LogP contribution in [0.25, 0.3) is 0 Å². The van der Waals surface area contributed by atoms with Crippen LogP contribution in [0.1, 0.15) is 46.0 Å². The molecule has 1 saturated heterocycles. The number of nitrogens with two attached hydrogens (primary N) is 1. The second-order valence-electron chi connectivity index (χ2n) is 4.96. The average Bonchev–Trinajstić information content (AvgIpc) is 2.29. The van der Waals surface area contributed by atoms with Gasteiger partial charge in [0.25, 0.3) is 0 Å². The monoisotopic (exact) mass is 212 g/mol. The SMILES string of the molecule is CCCCCN1CCC(CN)C(CC)C1. The fourth-order valence-electron chi connectivity index (χ4n) is 2.72. The zero-order chi connectivity index (χ0) is 11.1. The smallest absolute Gasteiger partial charge is 0.00127 e. The molecule has 0 aliphatic carbocycles. The van der Waals surface area contributed by atoms with E-state index in [1.54, 1.807) is 0 Å². The molecule has 1 heterocycles. The molecule has 15 heavy (non-hydrogen) atoms. The van der Waals surface area contributed by atoms with Gasteiger partial charge in [-0.3, -0.25) is 0 Å². The third-order valence-electron chi connectivity index (χ3n) is 3.88. The molecular weight excluding hydrogens is 184 g/mol. The van der Waals surface area contributed by atoms with Crippen LogP contribution in [0.15, 0.2) is 0 Å². The van der Waals surface area contributed by atoms with Crippen molar-refractivity contribution in [1.29, 1.82) is 0 Å². The van der Waals surface area contributed by atoms with E-state index in [-0.39, 0.29) is 0 Å². The van der Waals surface area contributed by atoms with Crippen molar-refractivity contribution >= 4 is 0 Å². The van der Waals surface area contributed by atoms with Gasteiger partial charge in [0.15, 0.2) is 0 Å². The number of likely N-dealkylation sites (tertiary alicyclic amines) is 1. The number of rotatable bonds is 6. The molecule has 0 aromatic heterocycles. The average molecular weight is 212 g/mol. The summed E-state index contributed by atoms with van der Waals surface area (Å²) in [6.07, 6.45) is 6.71. The van der Waals surface area contributed by atoms with Gasteiger partial charge in [0.1, 0.15) is 0 Å². The van der Waals surface area contributed by atoms with Crippen LogP contribution in [0.3, 0.4) is 0 Å². The highest BCUT2D eigenvalue weighted by molar-refractivity contribution is 4.80. The molecule has 2 heteroatoms. The summed E-state index contributed by atoms with van der Waals surface area (Å²) in [7, 11) is 0. The summed E-state index contributed by atoms with van der Waals surface area (Å²) in [5, 5.41) is 0. The summed E-state index contributed by atoms with van der Waals surface area (Å²) >= 11 is 0. The molecule has 0 saturated carbocycles. The lowest BCUT2D eigenvalue weighted by Gasteiger charge is -2.37. The number of piperidine rings is 1. The highest BCUT2D eigenvalue weighted by Gasteiger charge is 2.26. The third kappa shape index (κ3) is 4.12. The zero-order valence-corrected chi connectivity index (χ0v) is 10.5. The highest BCUT2D eigenvalue weighted by atomic mass is 15.1. The summed E-state index contributed by atoms with van der Waals surface area (Å²) in [5.41, 5.74) is 5.82. The molecule has 1 fully saturated rings. The molecule has 1 rings (SSSR count). The quantitative estimate of drug-likeness (QED) is 0.685. The third-order valence-corrected chi connectivity index (χ3v) is 3.88. The lowest BCUT2D eigenvalue weighted by atomic mass is 9.84. The molecule has 2 N–H and O–H groups in total. The van der Waals surface area contributed by atoms with Crippen molar-refractivity contribution in [3.05, 3.63) is 0 Å². The molecule has 1 aliphatic rings. The Labute approximate surface area is 95.2 Å². The van der Waals surface area contributed by atoms with Crippen LogP contribution in [0, 0.1) is 11.8 Å². The first-order chi connectivity index (χ1) is 7.31. The van der Waals surface area contributed by atoms with E-state index in [1.165, 1.54) is 51.7 Å². The maximum atomic E-state index is 5.82. The van der Waals surface area contributed by atoms with Crippen molar-refractivity contribution in [2.24, 2.45) is 17.6 Å². The van der Waals surface area contributed by atoms with E-state index in [9.17, 15) is 0 Å². The molecular formula is C13H28N2. The van der Waals surface area contributed by atoms with E-state index in [0.717, 1.165) is 18.4 Å². The fourth-order valence-corrected chi connectivity index (χ4v) is 2.72. The van der Waals surface area contributed by atoms with Crippen LogP contribution in [-0.4, -0.2) is 31.1 Å². The van der Waals surface area contributed by atoms with Crippen molar-refractivity contribution in [2.45, 2.75) is 46.0 Å². The van der Waals surface area contributed by atoms with Crippen LogP contribution in [0.5, 0.6) is 0 Å². The first-order valence-corrected chi connectivity index (χ1v) is 6.74. The molecule has 0 spiro atoms. The minimum absolute atomic E-state index is 0.789. The van der Waals surface area contributed by atoms with E-state index in [4.69, 9.17) is 5.73 Å². The first kappa shape index (κ1) is 13.0. The van der Waals surface area contributed by atoms with Crippen molar-refractivity contribution in [2.75, 3.05) is 26.2 Å². The van der Waals surface area contributed by atoms with E-state index in [1.807, 2.05) is 0 Å². The van der Waals surface area contributed by atoms with Crippen LogP contribution in [0.2, 0.25) is 0 Å². The molecule has 2 nitrogen and oxygen atoms in total. The Hall–Kier alpha value is -0.0800. The van der Waals surface area contributed by atoms with E-state index in [0.29, 0.717) is 0 Å². The Morgan fingerprint density at radius 2 is 2.00 bits per heavy atom. The van der Waals surface area contributed by atoms with Gasteiger partial charge < -0.3 is 10.6 Å². The van der Waals surface area contributed by atoms with Gasteiger partial charge in [0, 0.05) is 6.54 Å². The maximum absolute atomic E-state index is 5.82. The minimum Gasteiger partial charge on any atom is -0.330 e. The number of nitrogens with zero attached hydrogens (tertiary/aromatic N) is 1. The Balaban J connectivity index is 2.26. The van der Waals surface area contributed by atoms with Gasteiger partial charge in [-0.2, -0.15) is 0 Å². The van der Waals surface area contributed by atoms with Crippen LogP contribution >= 0.6 is 0 Å². The van der Waals surface area contributed by atoms with Crippen LogP contribution in [0.4, 0.5) is 0 Å². The number of hydrogen-bond acceptors (Lipinski definition) is 2. The largest absolute Gasteiger partial charge is 0.330 e. The minimum atomic E-state index is 0.789. The molecule has 0 radical (unpaired) electrons. The van der Waals surface area contributed by atoms with Crippen molar-refractivity contribution in [3.8, 4) is 0 Å². The zero-order valence-electron chi connectivity index (χ0n) is 10.5. The number of unbranched alkanes of at least 4 members (excludes halogenated alkanes) is 2. The highest BCUT2D eigenvalue weighted by Crippen LogP contribution is 2.25. The Morgan fingerprint density at radius 1 is 1.20 bits per heavy atom. The van der Waals surface area contributed by atoms with Gasteiger partial charge in [0.2, 0.25) is 0 Å². The Morgan fingerprint density at radius 3 is 2.60 bits per heavy atom. The van der Waals surface area contributed by atoms with E-state index in [2.05, 4.69) is 18.7 Å². The molecule has 0 bridgehead atoms. The normalized spacial score (nSPS) is 28.2. The lowest BCUT2D eigenvalue weighted by Crippen LogP contribution is -2.43. The summed E-state index contributed by atoms with van der Waals surface area (Å²) in [6, 6.07) is 0. The predicted molar refractivity (Wildman–Crippen MR) is 66.9 cm³/mol. The predicted octanol–water partition coefficient (Wildman–Crippen LogP) is 2.48. The summed E-state index contributed by atoms with van der Waals surface area (Å²) in [6.45, 7) is 9.35. The molecule has 2 unspecified atom stereocenters. The molecule has 90 valence electrons. The second kappa shape index (κ2) is 7.24. The lowest BCUT2D eigenvalue weighted by molar-refractivity contribution is 0.118. The maximum Gasteiger partial charge on any atom is 0.00127 e. The molecule has 1 aliphatic heterocycles. The summed E-state index contributed by atoms with van der Waals surface area (Å²) in [4.78, 5) is 2.65. The molecule has 0 amide bonds. The fraction of sp³-hybridized carbons (Fsp3) is 1.00. The van der Waals surface area contributed by atoms with Gasteiger partial charge in [-0.1, -0.05) is 33.1 Å². The standard InChI is InChI=1S/C13H28N2/c1-3-5-6-8-15-9-7-13(10-14)12(4-2)11-15/h12-13H,3-11,14H2,1-2H3. The van der Waals surface area contributed by atoms with E-state index < -0.39 is 0 Å². The first-order valence-electron chi connectivity index (χ1n) is 6.74. The molecule has 0 aromatic carbocycles. The summed E-state index contributed by atoms with van der Waals surface area (Å²) in [5.74, 6) is 1.64. The van der Waals surface area contributed by atoms with Gasteiger partial charge in [-0.15, -0.1) is 0 Å². The van der Waals surface area contributed by atoms with Crippen LogP contribution < -0.4 is 5.73 Å². The van der Waals surface area contributed by atoms with Gasteiger partial charge >= 0.3 is 0 Å². The topological polar surface area (TPSA) is 29.3 Å². The number of hydrogen-bond donors (Lipinski definition) is 1. The van der Waals surface area contributed by atoms with E-state index >= 15 is 0 Å². The van der Waals surface area contributed by atoms with Gasteiger partial charge in [-0.25, -0.2) is 0 Å². The second-order valence-corrected chi connectivity index (χ2v) is 4.96. The van der Waals surface area contributed by atoms with Crippen molar-refractivity contribution < 1.29 is 0 Å². The Kier molecular flexibility index (Phi) is 6.26. The molecule has 2 atom stereocenters. The van der Waals surface area contributed by atoms with Gasteiger partial charge in [-0.05, 0) is 44.3 Å². The summed E-state index contributed by atoms with van der Waals surface area (Å²) < 4.78 is 0. The van der Waals surface area contributed by atoms with Crippen molar-refractivity contribution in [3.63, 3.8) is 0 Å². The molecule has 0 aromatic rings. The Bertz CT molecular complexity index is 157. The van der Waals surface area contributed by atoms with Gasteiger partial charge in [0.05, 0.1) is 0 Å². The van der Waals surface area contributed by atoms with Crippen molar-refractivity contribution in [1.82, 2.24) is 4.90 Å². The van der Waals surface area contributed by atoms with Crippen LogP contribution in [-0.2, 0) is 0 Å².